The van der Waals surface area contributed by atoms with E-state index in [0.717, 1.165) is 41.7 Å². The largest absolute Gasteiger partial charge is 0.411 e. The second kappa shape index (κ2) is 10.6. The minimum absolute atomic E-state index is 0.240. The number of imide groups is 1. The molecule has 0 saturated heterocycles. The van der Waals surface area contributed by atoms with E-state index in [-0.39, 0.29) is 5.22 Å². The van der Waals surface area contributed by atoms with Gasteiger partial charge in [0, 0.05) is 31.4 Å². The molecule has 0 saturated carbocycles. The summed E-state index contributed by atoms with van der Waals surface area (Å²) in [5, 5.41) is 12.4. The first-order valence-corrected chi connectivity index (χ1v) is 10.9. The third-order valence-electron chi connectivity index (χ3n) is 4.67. The maximum Gasteiger partial charge on any atom is 0.321 e. The summed E-state index contributed by atoms with van der Waals surface area (Å²) in [7, 11) is 1.45. The molecule has 2 aromatic carbocycles. The van der Waals surface area contributed by atoms with Gasteiger partial charge in [0.2, 0.25) is 11.8 Å². The van der Waals surface area contributed by atoms with Gasteiger partial charge in [0.1, 0.15) is 5.25 Å². The van der Waals surface area contributed by atoms with Crippen molar-refractivity contribution in [3.63, 3.8) is 0 Å². The number of aromatic nitrogens is 2. The Kier molecular flexibility index (Phi) is 7.66. The van der Waals surface area contributed by atoms with Crippen molar-refractivity contribution in [2.24, 2.45) is 0 Å². The number of urea groups is 1. The zero-order chi connectivity index (χ0) is 22.2. The second-order valence-electron chi connectivity index (χ2n) is 6.57. The smallest absolute Gasteiger partial charge is 0.321 e. The maximum absolute atomic E-state index is 12.7. The third kappa shape index (κ3) is 5.64. The van der Waals surface area contributed by atoms with Crippen molar-refractivity contribution < 1.29 is 14.0 Å². The lowest BCUT2D eigenvalue weighted by atomic mass is 10.1. The van der Waals surface area contributed by atoms with Crippen molar-refractivity contribution in [1.29, 1.82) is 0 Å². The highest BCUT2D eigenvalue weighted by atomic mass is 32.2. The number of nitrogens with zero attached hydrogens (tertiary/aromatic N) is 3. The van der Waals surface area contributed by atoms with Gasteiger partial charge >= 0.3 is 6.03 Å². The second-order valence-corrected chi connectivity index (χ2v) is 7.63. The molecule has 3 amide bonds. The molecule has 0 spiro atoms. The number of anilines is 1. The van der Waals surface area contributed by atoms with E-state index in [4.69, 9.17) is 4.42 Å². The number of amides is 3. The zero-order valence-corrected chi connectivity index (χ0v) is 18.5. The van der Waals surface area contributed by atoms with Crippen LogP contribution in [-0.2, 0) is 4.79 Å². The molecule has 9 heteroatoms. The summed E-state index contributed by atoms with van der Waals surface area (Å²) in [6.45, 7) is 6.08. The molecular weight excluding hydrogens is 414 g/mol. The average molecular weight is 440 g/mol. The first-order chi connectivity index (χ1) is 15.0. The Morgan fingerprint density at radius 2 is 1.71 bits per heavy atom. The van der Waals surface area contributed by atoms with E-state index in [1.807, 2.05) is 54.6 Å². The molecule has 2 N–H and O–H groups in total. The summed E-state index contributed by atoms with van der Waals surface area (Å²) in [5.74, 6) is -0.106. The van der Waals surface area contributed by atoms with Crippen LogP contribution in [0.3, 0.4) is 0 Å². The summed E-state index contributed by atoms with van der Waals surface area (Å²) < 4.78 is 5.80. The van der Waals surface area contributed by atoms with Gasteiger partial charge in [-0.15, -0.1) is 10.2 Å². The topological polar surface area (TPSA) is 100 Å². The van der Waals surface area contributed by atoms with Crippen molar-refractivity contribution in [2.45, 2.75) is 24.3 Å². The molecule has 0 aliphatic carbocycles. The molecule has 1 aromatic heterocycles. The summed E-state index contributed by atoms with van der Waals surface area (Å²) in [5.41, 5.74) is 2.64. The lowest BCUT2D eigenvalue weighted by Crippen LogP contribution is -2.39. The Morgan fingerprint density at radius 3 is 2.32 bits per heavy atom. The van der Waals surface area contributed by atoms with Gasteiger partial charge in [-0.1, -0.05) is 30.3 Å². The van der Waals surface area contributed by atoms with E-state index in [9.17, 15) is 9.59 Å². The lowest BCUT2D eigenvalue weighted by Gasteiger charge is -2.20. The Hall–Kier alpha value is -3.33. The third-order valence-corrected chi connectivity index (χ3v) is 5.76. The Bertz CT molecular complexity index is 1000. The molecule has 0 radical (unpaired) electrons. The molecule has 1 unspecified atom stereocenters. The number of hydrogen-bond acceptors (Lipinski definition) is 7. The Morgan fingerprint density at radius 1 is 1.03 bits per heavy atom. The van der Waals surface area contributed by atoms with E-state index in [0.29, 0.717) is 5.89 Å². The Labute approximate surface area is 185 Å². The van der Waals surface area contributed by atoms with Crippen LogP contribution >= 0.6 is 11.8 Å². The molecular formula is C22H25N5O3S. The van der Waals surface area contributed by atoms with Gasteiger partial charge in [-0.2, -0.15) is 0 Å². The fraction of sp³-hybridized carbons (Fsp3) is 0.273. The van der Waals surface area contributed by atoms with Crippen molar-refractivity contribution in [3.05, 3.63) is 60.2 Å². The van der Waals surface area contributed by atoms with Crippen LogP contribution in [0.1, 0.15) is 24.7 Å². The van der Waals surface area contributed by atoms with Crippen LogP contribution in [0.2, 0.25) is 0 Å². The predicted molar refractivity (Wildman–Crippen MR) is 121 cm³/mol. The van der Waals surface area contributed by atoms with Crippen LogP contribution in [0.5, 0.6) is 0 Å². The highest BCUT2D eigenvalue weighted by Crippen LogP contribution is 2.36. The van der Waals surface area contributed by atoms with Gasteiger partial charge in [-0.3, -0.25) is 10.1 Å². The highest BCUT2D eigenvalue weighted by Gasteiger charge is 2.26. The molecule has 162 valence electrons. The van der Waals surface area contributed by atoms with Gasteiger partial charge < -0.3 is 14.6 Å². The molecule has 1 atom stereocenters. The van der Waals surface area contributed by atoms with E-state index >= 15 is 0 Å². The standard InChI is InChI=1S/C22H25N5O3S/c1-4-27(5-2)17-13-11-16(12-14-17)20-25-26-22(30-20)31-18(15-9-7-6-8-10-15)19(28)24-21(29)23-3/h6-14,18H,4-5H2,1-3H3,(H2,23,24,28,29). The minimum atomic E-state index is -0.725. The molecule has 0 aliphatic rings. The van der Waals surface area contributed by atoms with Gasteiger partial charge in [-0.25, -0.2) is 4.79 Å². The van der Waals surface area contributed by atoms with Crippen LogP contribution < -0.4 is 15.5 Å². The van der Waals surface area contributed by atoms with E-state index in [2.05, 4.69) is 39.6 Å². The summed E-state index contributed by atoms with van der Waals surface area (Å²) in [4.78, 5) is 26.5. The van der Waals surface area contributed by atoms with Crippen LogP contribution in [0.4, 0.5) is 10.5 Å². The number of benzene rings is 2. The molecule has 0 bridgehead atoms. The van der Waals surface area contributed by atoms with Gasteiger partial charge in [0.15, 0.2) is 0 Å². The quantitative estimate of drug-likeness (QED) is 0.514. The summed E-state index contributed by atoms with van der Waals surface area (Å²) >= 11 is 1.09. The molecule has 1 heterocycles. The monoisotopic (exact) mass is 439 g/mol. The molecule has 0 aliphatic heterocycles. The predicted octanol–water partition coefficient (Wildman–Crippen LogP) is 3.87. The number of carbonyl (C=O) groups is 2. The SMILES string of the molecule is CCN(CC)c1ccc(-c2nnc(SC(C(=O)NC(=O)NC)c3ccccc3)o2)cc1. The normalized spacial score (nSPS) is 11.6. The van der Waals surface area contributed by atoms with E-state index < -0.39 is 17.2 Å². The number of carbonyl (C=O) groups excluding carboxylic acids is 2. The van der Waals surface area contributed by atoms with Crippen LogP contribution in [-0.4, -0.2) is 42.3 Å². The number of thioether (sulfide) groups is 1. The number of nitrogens with one attached hydrogen (secondary N) is 2. The Balaban J connectivity index is 1.79. The van der Waals surface area contributed by atoms with Crippen molar-refractivity contribution in [2.75, 3.05) is 25.0 Å². The van der Waals surface area contributed by atoms with E-state index in [1.54, 1.807) is 0 Å². The maximum atomic E-state index is 12.7. The lowest BCUT2D eigenvalue weighted by molar-refractivity contribution is -0.119. The van der Waals surface area contributed by atoms with Gasteiger partial charge in [0.05, 0.1) is 0 Å². The first kappa shape index (κ1) is 22.4. The minimum Gasteiger partial charge on any atom is -0.411 e. The van der Waals surface area contributed by atoms with Crippen LogP contribution in [0.15, 0.2) is 64.2 Å². The van der Waals surface area contributed by atoms with Gasteiger partial charge in [-0.05, 0) is 55.4 Å². The first-order valence-electron chi connectivity index (χ1n) is 9.98. The van der Waals surface area contributed by atoms with Crippen molar-refractivity contribution >= 4 is 29.4 Å². The highest BCUT2D eigenvalue weighted by molar-refractivity contribution is 8.00. The fourth-order valence-electron chi connectivity index (χ4n) is 3.02. The number of hydrogen-bond donors (Lipinski definition) is 2. The molecule has 31 heavy (non-hydrogen) atoms. The molecule has 8 nitrogen and oxygen atoms in total. The number of rotatable bonds is 8. The van der Waals surface area contributed by atoms with Crippen molar-refractivity contribution in [1.82, 2.24) is 20.8 Å². The molecule has 3 rings (SSSR count). The average Bonchev–Trinajstić information content (AvgIpc) is 3.28. The van der Waals surface area contributed by atoms with E-state index in [1.165, 1.54) is 7.05 Å². The summed E-state index contributed by atoms with van der Waals surface area (Å²) in [6, 6.07) is 16.4. The van der Waals surface area contributed by atoms with Crippen LogP contribution in [0, 0.1) is 0 Å². The molecule has 0 fully saturated rings. The van der Waals surface area contributed by atoms with Crippen molar-refractivity contribution in [3.8, 4) is 11.5 Å². The molecule has 3 aromatic rings. The zero-order valence-electron chi connectivity index (χ0n) is 17.7. The van der Waals surface area contributed by atoms with Crippen LogP contribution in [0.25, 0.3) is 11.5 Å². The summed E-state index contributed by atoms with van der Waals surface area (Å²) in [6.07, 6.45) is 0. The fourth-order valence-corrected chi connectivity index (χ4v) is 3.89. The van der Waals surface area contributed by atoms with Gasteiger partial charge in [0.25, 0.3) is 5.22 Å².